The molecule has 0 unspecified atom stereocenters. The summed E-state index contributed by atoms with van der Waals surface area (Å²) in [7, 11) is -3.48. The maximum Gasteiger partial charge on any atom is 0.315 e. The molecule has 1 aliphatic carbocycles. The van der Waals surface area contributed by atoms with E-state index in [1.807, 2.05) is 6.07 Å². The number of urea groups is 1. The summed E-state index contributed by atoms with van der Waals surface area (Å²) in [6.45, 7) is 0.328. The van der Waals surface area contributed by atoms with Gasteiger partial charge in [-0.15, -0.1) is 0 Å². The van der Waals surface area contributed by atoms with Gasteiger partial charge >= 0.3 is 6.03 Å². The molecule has 0 saturated heterocycles. The molecule has 0 aromatic heterocycles. The molecule has 136 valence electrons. The molecule has 2 N–H and O–H groups in total. The van der Waals surface area contributed by atoms with Crippen LogP contribution in [0.4, 0.5) is 10.5 Å². The van der Waals surface area contributed by atoms with E-state index in [1.54, 1.807) is 24.3 Å². The van der Waals surface area contributed by atoms with E-state index in [0.29, 0.717) is 11.3 Å². The number of amides is 2. The predicted molar refractivity (Wildman–Crippen MR) is 96.8 cm³/mol. The van der Waals surface area contributed by atoms with E-state index >= 15 is 0 Å². The summed E-state index contributed by atoms with van der Waals surface area (Å²) in [5, 5.41) is 14.5. The second-order valence-corrected chi connectivity index (χ2v) is 8.14. The first-order chi connectivity index (χ1) is 11.9. The van der Waals surface area contributed by atoms with Crippen LogP contribution in [0.1, 0.15) is 37.7 Å². The van der Waals surface area contributed by atoms with Gasteiger partial charge in [0.1, 0.15) is 0 Å². The molecule has 8 heteroatoms. The lowest BCUT2D eigenvalue weighted by Gasteiger charge is -2.24. The van der Waals surface area contributed by atoms with Crippen LogP contribution in [-0.2, 0) is 10.0 Å². The summed E-state index contributed by atoms with van der Waals surface area (Å²) in [4.78, 5) is 11.9. The van der Waals surface area contributed by atoms with Crippen molar-refractivity contribution in [2.45, 2.75) is 38.1 Å². The van der Waals surface area contributed by atoms with Gasteiger partial charge in [-0.05, 0) is 37.1 Å². The number of nitrogens with one attached hydrogen (secondary N) is 2. The molecule has 1 aliphatic rings. The van der Waals surface area contributed by atoms with Gasteiger partial charge in [-0.1, -0.05) is 19.3 Å². The van der Waals surface area contributed by atoms with Crippen LogP contribution in [0, 0.1) is 11.3 Å². The second-order valence-electron chi connectivity index (χ2n) is 6.23. The number of carbonyl (C=O) groups excluding carboxylic acids is 1. The highest BCUT2D eigenvalue weighted by Crippen LogP contribution is 2.18. The molecule has 1 fully saturated rings. The lowest BCUT2D eigenvalue weighted by Crippen LogP contribution is -2.45. The minimum atomic E-state index is -3.48. The Morgan fingerprint density at radius 2 is 1.88 bits per heavy atom. The molecule has 2 rings (SSSR count). The standard InChI is InChI=1S/C17H24N4O3S/c1-25(23,24)21(16-9-7-14(13-18)8-10-16)12-11-19-17(22)20-15-5-3-2-4-6-15/h7-10,15H,2-6,11-12H2,1H3,(H2,19,20,22). The van der Waals surface area contributed by atoms with E-state index in [2.05, 4.69) is 10.6 Å². The summed E-state index contributed by atoms with van der Waals surface area (Å²) in [5.74, 6) is 0. The number of nitriles is 1. The van der Waals surface area contributed by atoms with E-state index in [9.17, 15) is 13.2 Å². The molecule has 0 bridgehead atoms. The summed E-state index contributed by atoms with van der Waals surface area (Å²) in [6, 6.07) is 8.24. The Morgan fingerprint density at radius 3 is 2.44 bits per heavy atom. The Bertz CT molecular complexity index is 719. The first-order valence-corrected chi connectivity index (χ1v) is 10.3. The lowest BCUT2D eigenvalue weighted by molar-refractivity contribution is 0.233. The number of hydrogen-bond acceptors (Lipinski definition) is 4. The first-order valence-electron chi connectivity index (χ1n) is 8.42. The molecule has 0 heterocycles. The maximum atomic E-state index is 12.0. The molecule has 1 saturated carbocycles. The second kappa shape index (κ2) is 8.72. The fourth-order valence-electron chi connectivity index (χ4n) is 2.94. The molecular formula is C17H24N4O3S. The topological polar surface area (TPSA) is 102 Å². The summed E-state index contributed by atoms with van der Waals surface area (Å²) >= 11 is 0. The van der Waals surface area contributed by atoms with Crippen LogP contribution < -0.4 is 14.9 Å². The van der Waals surface area contributed by atoms with Crippen molar-refractivity contribution in [3.05, 3.63) is 29.8 Å². The van der Waals surface area contributed by atoms with Gasteiger partial charge in [-0.2, -0.15) is 5.26 Å². The lowest BCUT2D eigenvalue weighted by atomic mass is 9.96. The van der Waals surface area contributed by atoms with Crippen LogP contribution in [-0.4, -0.2) is 39.8 Å². The maximum absolute atomic E-state index is 12.0. The molecule has 25 heavy (non-hydrogen) atoms. The Kier molecular flexibility index (Phi) is 6.65. The molecule has 2 amide bonds. The van der Waals surface area contributed by atoms with Gasteiger partial charge in [0.05, 0.1) is 30.1 Å². The third kappa shape index (κ3) is 5.94. The number of benzene rings is 1. The van der Waals surface area contributed by atoms with Crippen molar-refractivity contribution in [1.82, 2.24) is 10.6 Å². The zero-order valence-electron chi connectivity index (χ0n) is 14.4. The van der Waals surface area contributed by atoms with E-state index < -0.39 is 10.0 Å². The highest BCUT2D eigenvalue weighted by molar-refractivity contribution is 7.92. The average Bonchev–Trinajstić information content (AvgIpc) is 2.59. The molecule has 0 radical (unpaired) electrons. The predicted octanol–water partition coefficient (Wildman–Crippen LogP) is 1.96. The monoisotopic (exact) mass is 364 g/mol. The van der Waals surface area contributed by atoms with Crippen molar-refractivity contribution >= 4 is 21.7 Å². The zero-order valence-corrected chi connectivity index (χ0v) is 15.2. The Balaban J connectivity index is 1.89. The van der Waals surface area contributed by atoms with Gasteiger partial charge in [-0.25, -0.2) is 13.2 Å². The van der Waals surface area contributed by atoms with Crippen LogP contribution in [0.25, 0.3) is 0 Å². The zero-order chi connectivity index (χ0) is 18.3. The van der Waals surface area contributed by atoms with Crippen molar-refractivity contribution in [2.75, 3.05) is 23.7 Å². The molecule has 1 aromatic carbocycles. The van der Waals surface area contributed by atoms with Crippen LogP contribution in [0.15, 0.2) is 24.3 Å². The number of rotatable bonds is 6. The van der Waals surface area contributed by atoms with E-state index in [-0.39, 0.29) is 25.2 Å². The minimum Gasteiger partial charge on any atom is -0.336 e. The van der Waals surface area contributed by atoms with Crippen LogP contribution in [0.2, 0.25) is 0 Å². The fraction of sp³-hybridized carbons (Fsp3) is 0.529. The largest absolute Gasteiger partial charge is 0.336 e. The van der Waals surface area contributed by atoms with Crippen molar-refractivity contribution in [3.63, 3.8) is 0 Å². The Hall–Kier alpha value is -2.27. The molecule has 0 atom stereocenters. The van der Waals surface area contributed by atoms with Gasteiger partial charge < -0.3 is 10.6 Å². The van der Waals surface area contributed by atoms with Gasteiger partial charge in [0.2, 0.25) is 10.0 Å². The normalized spacial score (nSPS) is 15.2. The Labute approximate surface area is 149 Å². The van der Waals surface area contributed by atoms with Crippen molar-refractivity contribution in [1.29, 1.82) is 5.26 Å². The summed E-state index contributed by atoms with van der Waals surface area (Å²) in [5.41, 5.74) is 0.929. The van der Waals surface area contributed by atoms with E-state index in [0.717, 1.165) is 31.9 Å². The molecule has 7 nitrogen and oxygen atoms in total. The third-order valence-corrected chi connectivity index (χ3v) is 5.42. The summed E-state index contributed by atoms with van der Waals surface area (Å²) in [6.07, 6.45) is 6.58. The summed E-state index contributed by atoms with van der Waals surface area (Å²) < 4.78 is 25.2. The highest BCUT2D eigenvalue weighted by atomic mass is 32.2. The average molecular weight is 364 g/mol. The smallest absolute Gasteiger partial charge is 0.315 e. The molecule has 1 aromatic rings. The molecule has 0 spiro atoms. The van der Waals surface area contributed by atoms with E-state index in [1.165, 1.54) is 10.7 Å². The van der Waals surface area contributed by atoms with Gasteiger partial charge in [0.25, 0.3) is 0 Å². The first kappa shape index (κ1) is 19.1. The Morgan fingerprint density at radius 1 is 1.24 bits per heavy atom. The number of anilines is 1. The van der Waals surface area contributed by atoms with Crippen molar-refractivity contribution in [2.24, 2.45) is 0 Å². The minimum absolute atomic E-state index is 0.128. The van der Waals surface area contributed by atoms with Crippen molar-refractivity contribution in [3.8, 4) is 6.07 Å². The number of carbonyl (C=O) groups is 1. The van der Waals surface area contributed by atoms with Crippen LogP contribution in [0.5, 0.6) is 0 Å². The quantitative estimate of drug-likeness (QED) is 0.805. The fourth-order valence-corrected chi connectivity index (χ4v) is 3.87. The SMILES string of the molecule is CS(=O)(=O)N(CCNC(=O)NC1CCCCC1)c1ccc(C#N)cc1. The van der Waals surface area contributed by atoms with Gasteiger partial charge in [0, 0.05) is 12.6 Å². The van der Waals surface area contributed by atoms with E-state index in [4.69, 9.17) is 5.26 Å². The van der Waals surface area contributed by atoms with Gasteiger partial charge in [0.15, 0.2) is 0 Å². The number of sulfonamides is 1. The molecule has 0 aliphatic heterocycles. The number of nitrogens with zero attached hydrogens (tertiary/aromatic N) is 2. The van der Waals surface area contributed by atoms with Gasteiger partial charge in [-0.3, -0.25) is 4.31 Å². The van der Waals surface area contributed by atoms with Crippen LogP contribution in [0.3, 0.4) is 0 Å². The highest BCUT2D eigenvalue weighted by Gasteiger charge is 2.18. The van der Waals surface area contributed by atoms with Crippen molar-refractivity contribution < 1.29 is 13.2 Å². The third-order valence-electron chi connectivity index (χ3n) is 4.23. The van der Waals surface area contributed by atoms with Crippen LogP contribution >= 0.6 is 0 Å². The number of hydrogen-bond donors (Lipinski definition) is 2. The molecular weight excluding hydrogens is 340 g/mol.